The van der Waals surface area contributed by atoms with Gasteiger partial charge in [-0.05, 0) is 6.26 Å². The van der Waals surface area contributed by atoms with E-state index in [0.29, 0.717) is 5.75 Å². The predicted molar refractivity (Wildman–Crippen MR) is 30.4 cm³/mol. The summed E-state index contributed by atoms with van der Waals surface area (Å²) in [5.41, 5.74) is 0. The SMILES string of the molecule is CSCCOC(F)(F)F. The first kappa shape index (κ1) is 9.10. The zero-order chi connectivity index (χ0) is 7.33. The van der Waals surface area contributed by atoms with E-state index in [9.17, 15) is 13.2 Å². The molecule has 0 unspecified atom stereocenters. The van der Waals surface area contributed by atoms with Gasteiger partial charge in [0.05, 0.1) is 6.61 Å². The van der Waals surface area contributed by atoms with Gasteiger partial charge in [-0.2, -0.15) is 11.8 Å². The van der Waals surface area contributed by atoms with Crippen LogP contribution in [0.5, 0.6) is 0 Å². The van der Waals surface area contributed by atoms with Crippen molar-refractivity contribution < 1.29 is 17.9 Å². The van der Waals surface area contributed by atoms with Crippen LogP contribution in [0.4, 0.5) is 13.2 Å². The predicted octanol–water partition coefficient (Wildman–Crippen LogP) is 1.89. The largest absolute Gasteiger partial charge is 0.522 e. The molecule has 0 aromatic carbocycles. The molecule has 0 rings (SSSR count). The number of hydrogen-bond donors (Lipinski definition) is 0. The maximum absolute atomic E-state index is 11.1. The van der Waals surface area contributed by atoms with E-state index in [-0.39, 0.29) is 6.61 Å². The van der Waals surface area contributed by atoms with Crippen LogP contribution in [-0.4, -0.2) is 25.0 Å². The topological polar surface area (TPSA) is 9.23 Å². The van der Waals surface area contributed by atoms with Gasteiger partial charge in [-0.3, -0.25) is 4.74 Å². The third kappa shape index (κ3) is 8.10. The first-order valence-corrected chi connectivity index (χ1v) is 3.65. The second-order valence-corrected chi connectivity index (χ2v) is 2.27. The van der Waals surface area contributed by atoms with Crippen LogP contribution in [-0.2, 0) is 4.74 Å². The molecule has 0 saturated heterocycles. The fourth-order valence-electron chi connectivity index (χ4n) is 0.241. The molecule has 0 spiro atoms. The summed E-state index contributed by atoms with van der Waals surface area (Å²) in [6.07, 6.45) is -2.74. The molecule has 0 atom stereocenters. The highest BCUT2D eigenvalue weighted by atomic mass is 32.2. The molecule has 0 bridgehead atoms. The van der Waals surface area contributed by atoms with Crippen molar-refractivity contribution in [2.24, 2.45) is 0 Å². The fraction of sp³-hybridized carbons (Fsp3) is 1.00. The van der Waals surface area contributed by atoms with Crippen molar-refractivity contribution in [2.75, 3.05) is 18.6 Å². The maximum atomic E-state index is 11.1. The lowest BCUT2D eigenvalue weighted by Crippen LogP contribution is -2.14. The highest BCUT2D eigenvalue weighted by Crippen LogP contribution is 2.15. The summed E-state index contributed by atoms with van der Waals surface area (Å²) in [7, 11) is 0. The van der Waals surface area contributed by atoms with Gasteiger partial charge in [0.1, 0.15) is 0 Å². The number of rotatable bonds is 3. The quantitative estimate of drug-likeness (QED) is 0.583. The summed E-state index contributed by atoms with van der Waals surface area (Å²) in [5.74, 6) is 0.375. The number of thioether (sulfide) groups is 1. The second kappa shape index (κ2) is 4.00. The van der Waals surface area contributed by atoms with Crippen molar-refractivity contribution in [1.82, 2.24) is 0 Å². The van der Waals surface area contributed by atoms with Crippen molar-refractivity contribution in [1.29, 1.82) is 0 Å². The van der Waals surface area contributed by atoms with Crippen molar-refractivity contribution >= 4 is 11.8 Å². The molecule has 56 valence electrons. The third-order valence-electron chi connectivity index (χ3n) is 0.553. The minimum Gasteiger partial charge on any atom is -0.291 e. The van der Waals surface area contributed by atoms with Crippen LogP contribution in [0.25, 0.3) is 0 Å². The Kier molecular flexibility index (Phi) is 4.05. The minimum atomic E-state index is -4.46. The van der Waals surface area contributed by atoms with E-state index in [2.05, 4.69) is 4.74 Å². The average molecular weight is 160 g/mol. The third-order valence-corrected chi connectivity index (χ3v) is 1.13. The lowest BCUT2D eigenvalue weighted by molar-refractivity contribution is -0.322. The Labute approximate surface area is 55.6 Å². The van der Waals surface area contributed by atoms with Crippen LogP contribution in [0.1, 0.15) is 0 Å². The molecular formula is C4H7F3OS. The van der Waals surface area contributed by atoms with E-state index in [4.69, 9.17) is 0 Å². The lowest BCUT2D eigenvalue weighted by atomic mass is 10.9. The summed E-state index contributed by atoms with van der Waals surface area (Å²) in [6.45, 7) is -0.259. The Bertz CT molecular complexity index is 72.7. The number of hydrogen-bond acceptors (Lipinski definition) is 2. The van der Waals surface area contributed by atoms with Gasteiger partial charge in [0.25, 0.3) is 0 Å². The maximum Gasteiger partial charge on any atom is 0.522 e. The summed E-state index contributed by atoms with van der Waals surface area (Å²) in [4.78, 5) is 0. The zero-order valence-corrected chi connectivity index (χ0v) is 5.68. The Balaban J connectivity index is 3.07. The van der Waals surface area contributed by atoms with E-state index in [0.717, 1.165) is 0 Å². The van der Waals surface area contributed by atoms with E-state index in [1.54, 1.807) is 6.26 Å². The van der Waals surface area contributed by atoms with E-state index in [1.165, 1.54) is 11.8 Å². The molecule has 0 saturated carbocycles. The van der Waals surface area contributed by atoms with Crippen molar-refractivity contribution in [3.63, 3.8) is 0 Å². The van der Waals surface area contributed by atoms with Crippen molar-refractivity contribution in [3.05, 3.63) is 0 Å². The van der Waals surface area contributed by atoms with Gasteiger partial charge in [-0.15, -0.1) is 13.2 Å². The fourth-order valence-corrected chi connectivity index (χ4v) is 0.491. The first-order valence-electron chi connectivity index (χ1n) is 2.26. The van der Waals surface area contributed by atoms with Crippen LogP contribution >= 0.6 is 11.8 Å². The number of ether oxygens (including phenoxy) is 1. The van der Waals surface area contributed by atoms with Crippen LogP contribution in [0.2, 0.25) is 0 Å². The van der Waals surface area contributed by atoms with Crippen LogP contribution < -0.4 is 0 Å². The summed E-state index contributed by atoms with van der Waals surface area (Å²) >= 11 is 1.32. The molecule has 0 aromatic heterocycles. The molecule has 5 heteroatoms. The average Bonchev–Trinajstić information content (AvgIpc) is 1.63. The molecule has 0 aliphatic carbocycles. The highest BCUT2D eigenvalue weighted by molar-refractivity contribution is 7.98. The molecule has 0 aromatic rings. The smallest absolute Gasteiger partial charge is 0.291 e. The van der Waals surface area contributed by atoms with Crippen molar-refractivity contribution in [3.8, 4) is 0 Å². The van der Waals surface area contributed by atoms with Gasteiger partial charge in [-0.25, -0.2) is 0 Å². The molecule has 0 aliphatic heterocycles. The van der Waals surface area contributed by atoms with Gasteiger partial charge in [0, 0.05) is 5.75 Å². The van der Waals surface area contributed by atoms with E-state index >= 15 is 0 Å². The van der Waals surface area contributed by atoms with Gasteiger partial charge < -0.3 is 0 Å². The molecule has 0 heterocycles. The first-order chi connectivity index (χ1) is 4.06. The number of halogens is 3. The molecule has 0 radical (unpaired) electrons. The Morgan fingerprint density at radius 3 is 2.33 bits per heavy atom. The van der Waals surface area contributed by atoms with E-state index in [1.807, 2.05) is 0 Å². The Hall–Kier alpha value is 0.100. The summed E-state index contributed by atoms with van der Waals surface area (Å²) < 4.78 is 36.9. The number of alkyl halides is 3. The van der Waals surface area contributed by atoms with Crippen LogP contribution in [0, 0.1) is 0 Å². The van der Waals surface area contributed by atoms with Crippen LogP contribution in [0.3, 0.4) is 0 Å². The van der Waals surface area contributed by atoms with E-state index < -0.39 is 6.36 Å². The molecule has 1 nitrogen and oxygen atoms in total. The molecule has 0 aliphatic rings. The van der Waals surface area contributed by atoms with Gasteiger partial charge >= 0.3 is 6.36 Å². The summed E-state index contributed by atoms with van der Waals surface area (Å²) in [6, 6.07) is 0. The summed E-state index contributed by atoms with van der Waals surface area (Å²) in [5, 5.41) is 0. The Morgan fingerprint density at radius 1 is 1.44 bits per heavy atom. The molecular weight excluding hydrogens is 153 g/mol. The monoisotopic (exact) mass is 160 g/mol. The standard InChI is InChI=1S/C4H7F3OS/c1-9-3-2-8-4(5,6)7/h2-3H2,1H3. The van der Waals surface area contributed by atoms with Gasteiger partial charge in [-0.1, -0.05) is 0 Å². The van der Waals surface area contributed by atoms with Gasteiger partial charge in [0.15, 0.2) is 0 Å². The van der Waals surface area contributed by atoms with Gasteiger partial charge in [0.2, 0.25) is 0 Å². The Morgan fingerprint density at radius 2 is 2.00 bits per heavy atom. The zero-order valence-electron chi connectivity index (χ0n) is 4.86. The lowest BCUT2D eigenvalue weighted by Gasteiger charge is -2.04. The van der Waals surface area contributed by atoms with Crippen LogP contribution in [0.15, 0.2) is 0 Å². The normalized spacial score (nSPS) is 12.0. The minimum absolute atomic E-state index is 0.259. The molecule has 0 fully saturated rings. The highest BCUT2D eigenvalue weighted by Gasteiger charge is 2.28. The molecule has 0 N–H and O–H groups in total. The van der Waals surface area contributed by atoms with Crippen molar-refractivity contribution in [2.45, 2.75) is 6.36 Å². The molecule has 9 heavy (non-hydrogen) atoms. The second-order valence-electron chi connectivity index (χ2n) is 1.29. The molecule has 0 amide bonds.